The Kier molecular flexibility index (Phi) is 14.4. The van der Waals surface area contributed by atoms with Crippen LogP contribution in [-0.2, 0) is 14.0 Å². The van der Waals surface area contributed by atoms with Gasteiger partial charge in [-0.3, -0.25) is 14.4 Å². The Morgan fingerprint density at radius 3 is 1.91 bits per heavy atom. The Balaban J connectivity index is 1.14. The Morgan fingerprint density at radius 1 is 0.797 bits per heavy atom. The van der Waals surface area contributed by atoms with Gasteiger partial charge in [-0.15, -0.1) is 0 Å². The van der Waals surface area contributed by atoms with E-state index in [1.54, 1.807) is 66.7 Å². The van der Waals surface area contributed by atoms with Crippen molar-refractivity contribution in [2.24, 2.45) is 0 Å². The molecule has 0 spiro atoms. The lowest BCUT2D eigenvalue weighted by Gasteiger charge is -2.44. The summed E-state index contributed by atoms with van der Waals surface area (Å²) in [5, 5.41) is 13.2. The van der Waals surface area contributed by atoms with E-state index >= 15 is 0 Å². The van der Waals surface area contributed by atoms with Gasteiger partial charge in [-0.2, -0.15) is 0 Å². The topological polar surface area (TPSA) is 186 Å². The average Bonchev–Trinajstić information content (AvgIpc) is 3.86. The molecular formula is C46H67N5O12Si. The molecule has 0 radical (unpaired) electrons. The van der Waals surface area contributed by atoms with Crippen LogP contribution in [0.5, 0.6) is 23.0 Å². The summed E-state index contributed by atoms with van der Waals surface area (Å²) < 4.78 is 36.1. The molecule has 4 heterocycles. The molecule has 6 rings (SSSR count). The van der Waals surface area contributed by atoms with Crippen molar-refractivity contribution in [3.8, 4) is 23.0 Å². The number of nitrogens with zero attached hydrogens (tertiary/aromatic N) is 4. The lowest BCUT2D eigenvalue weighted by atomic mass is 10.1. The van der Waals surface area contributed by atoms with E-state index < -0.39 is 50.3 Å². The number of amides is 5. The third kappa shape index (κ3) is 10.2. The number of carboxylic acid groups (broad SMARTS) is 1. The molecule has 2 unspecified atom stereocenters. The molecular weight excluding hydrogens is 843 g/mol. The van der Waals surface area contributed by atoms with Crippen molar-refractivity contribution >= 4 is 49.6 Å². The predicted molar refractivity (Wildman–Crippen MR) is 243 cm³/mol. The molecule has 2 aromatic rings. The molecule has 352 valence electrons. The van der Waals surface area contributed by atoms with Gasteiger partial charge in [-0.05, 0) is 103 Å². The normalized spacial score (nSPS) is 20.3. The number of nitrogens with one attached hydrogen (secondary N) is 1. The van der Waals surface area contributed by atoms with Crippen LogP contribution in [0.4, 0.5) is 21.0 Å². The fourth-order valence-electron chi connectivity index (χ4n) is 8.53. The fraction of sp³-hybridized carbons (Fsp3) is 0.630. The third-order valence-electron chi connectivity index (χ3n) is 12.9. The number of hydrogen-bond acceptors (Lipinski definition) is 11. The highest BCUT2D eigenvalue weighted by Crippen LogP contribution is 2.45. The Hall–Kier alpha value is -5.23. The number of benzene rings is 2. The molecule has 0 bridgehead atoms. The van der Waals surface area contributed by atoms with Gasteiger partial charge < -0.3 is 53.2 Å². The minimum Gasteiger partial charge on any atom is -0.493 e. The maximum atomic E-state index is 14.1. The molecule has 4 aliphatic heterocycles. The highest BCUT2D eigenvalue weighted by Gasteiger charge is 2.50. The maximum Gasteiger partial charge on any atom is 0.414 e. The number of alkyl carbamates (subject to hydrolysis) is 1. The van der Waals surface area contributed by atoms with Crippen LogP contribution in [0.15, 0.2) is 24.3 Å². The van der Waals surface area contributed by atoms with Gasteiger partial charge in [-0.1, -0.05) is 20.8 Å². The van der Waals surface area contributed by atoms with Gasteiger partial charge in [0.2, 0.25) is 5.91 Å². The van der Waals surface area contributed by atoms with Crippen LogP contribution < -0.4 is 34.1 Å². The first-order chi connectivity index (χ1) is 30.1. The van der Waals surface area contributed by atoms with Crippen molar-refractivity contribution < 1.29 is 57.2 Å². The van der Waals surface area contributed by atoms with E-state index in [0.29, 0.717) is 73.0 Å². The first kappa shape index (κ1) is 48.2. The second-order valence-electron chi connectivity index (χ2n) is 19.5. The molecule has 5 amide bonds. The number of carbonyl (C=O) groups excluding carboxylic acids is 4. The summed E-state index contributed by atoms with van der Waals surface area (Å²) in [5.74, 6) is 0.484. The van der Waals surface area contributed by atoms with Gasteiger partial charge in [-0.25, -0.2) is 14.5 Å². The molecule has 2 aromatic carbocycles. The lowest BCUT2D eigenvalue weighted by Crippen LogP contribution is -2.57. The molecule has 0 aromatic heterocycles. The van der Waals surface area contributed by atoms with Crippen molar-refractivity contribution in [1.82, 2.24) is 15.1 Å². The maximum absolute atomic E-state index is 14.1. The first-order valence-corrected chi connectivity index (χ1v) is 25.3. The third-order valence-corrected chi connectivity index (χ3v) is 17.3. The molecule has 2 saturated heterocycles. The highest BCUT2D eigenvalue weighted by atomic mass is 28.4. The number of unbranched alkanes of at least 4 members (excludes halogenated alkanes) is 2. The highest BCUT2D eigenvalue weighted by molar-refractivity contribution is 6.74. The van der Waals surface area contributed by atoms with E-state index in [1.807, 2.05) is 0 Å². The second-order valence-corrected chi connectivity index (χ2v) is 24.3. The number of fused-ring (bicyclic) bond motifs is 4. The molecule has 0 aliphatic carbocycles. The molecule has 4 aliphatic rings. The van der Waals surface area contributed by atoms with E-state index in [9.17, 15) is 29.1 Å². The van der Waals surface area contributed by atoms with Crippen molar-refractivity contribution in [1.29, 1.82) is 0 Å². The van der Waals surface area contributed by atoms with E-state index in [-0.39, 0.29) is 53.9 Å². The van der Waals surface area contributed by atoms with E-state index in [2.05, 4.69) is 39.2 Å². The Morgan fingerprint density at radius 2 is 1.34 bits per heavy atom. The zero-order chi connectivity index (χ0) is 46.9. The van der Waals surface area contributed by atoms with Gasteiger partial charge in [0.25, 0.3) is 11.8 Å². The fourth-order valence-corrected chi connectivity index (χ4v) is 9.75. The van der Waals surface area contributed by atoms with Crippen molar-refractivity contribution in [3.05, 3.63) is 35.4 Å². The van der Waals surface area contributed by atoms with Gasteiger partial charge in [0.15, 0.2) is 37.5 Å². The van der Waals surface area contributed by atoms with Gasteiger partial charge in [0, 0.05) is 31.8 Å². The first-order valence-electron chi connectivity index (χ1n) is 22.4. The summed E-state index contributed by atoms with van der Waals surface area (Å²) in [4.78, 5) is 74.1. The van der Waals surface area contributed by atoms with Crippen LogP contribution in [0.2, 0.25) is 18.1 Å². The Labute approximate surface area is 377 Å². The quantitative estimate of drug-likeness (QED) is 0.140. The zero-order valence-corrected chi connectivity index (χ0v) is 40.3. The van der Waals surface area contributed by atoms with Crippen molar-refractivity contribution in [2.75, 3.05) is 56.9 Å². The van der Waals surface area contributed by atoms with Crippen LogP contribution in [0.3, 0.4) is 0 Å². The van der Waals surface area contributed by atoms with Gasteiger partial charge in [0.05, 0.1) is 62.0 Å². The SMILES string of the molecule is COc1cc2c(cc1OCCCCCOc1cc3c(cc1OC)C(=O)N1CCC[C@H]1C(O[Si](C)(C)C(C)(C)C)N3C(=O)O)N(C(=O)C(C)NC(=O)OC(C)(C)C)C[C@@H]1CCCN1C2=O. The number of carbonyl (C=O) groups is 5. The van der Waals surface area contributed by atoms with Gasteiger partial charge >= 0.3 is 12.2 Å². The summed E-state index contributed by atoms with van der Waals surface area (Å²) in [6, 6.07) is 4.86. The monoisotopic (exact) mass is 909 g/mol. The smallest absolute Gasteiger partial charge is 0.414 e. The number of ether oxygens (including phenoxy) is 5. The minimum absolute atomic E-state index is 0.185. The number of anilines is 2. The van der Waals surface area contributed by atoms with E-state index in [1.165, 1.54) is 19.1 Å². The summed E-state index contributed by atoms with van der Waals surface area (Å²) in [6.07, 6.45) is 2.02. The van der Waals surface area contributed by atoms with Gasteiger partial charge in [0.1, 0.15) is 11.6 Å². The standard InChI is InChI=1S/C46H67N5O12Si/c1-28(47-43(55)62-45(2,3)4)39(52)50-27-29-17-15-19-48(29)40(53)30-23-35(58-8)37(25-33(30)50)60-21-13-12-14-22-61-38-26-34-31(24-36(38)59-9)41(54)49-20-16-18-32(49)42(51(34)44(56)57)63-64(10,11)46(5,6)7/h23-26,28-29,32,42H,12-22,27H2,1-11H3,(H,47,55)(H,56,57)/t28?,29-,32-,42?/m0/s1. The number of methoxy groups -OCH3 is 2. The molecule has 4 atom stereocenters. The summed E-state index contributed by atoms with van der Waals surface area (Å²) in [6.45, 7) is 19.2. The summed E-state index contributed by atoms with van der Waals surface area (Å²) in [7, 11) is 0.474. The number of rotatable bonds is 14. The van der Waals surface area contributed by atoms with Crippen molar-refractivity contribution in [3.63, 3.8) is 0 Å². The zero-order valence-electron chi connectivity index (χ0n) is 39.3. The summed E-state index contributed by atoms with van der Waals surface area (Å²) >= 11 is 0. The summed E-state index contributed by atoms with van der Waals surface area (Å²) in [5.41, 5.74) is 0.357. The molecule has 2 N–H and O–H groups in total. The molecule has 18 heteroatoms. The molecule has 0 saturated carbocycles. The van der Waals surface area contributed by atoms with Crippen LogP contribution in [0.1, 0.15) is 114 Å². The average molecular weight is 910 g/mol. The number of hydrogen-bond donors (Lipinski definition) is 2. The molecule has 64 heavy (non-hydrogen) atoms. The van der Waals surface area contributed by atoms with Crippen LogP contribution in [-0.4, -0.2) is 130 Å². The second kappa shape index (κ2) is 19.1. The van der Waals surface area contributed by atoms with E-state index in [4.69, 9.17) is 28.1 Å². The van der Waals surface area contributed by atoms with Crippen LogP contribution in [0.25, 0.3) is 0 Å². The molecule has 2 fully saturated rings. The Bertz CT molecular complexity index is 2100. The molecule has 17 nitrogen and oxygen atoms in total. The largest absolute Gasteiger partial charge is 0.493 e. The van der Waals surface area contributed by atoms with Crippen LogP contribution in [0, 0.1) is 0 Å². The minimum atomic E-state index is -2.50. The van der Waals surface area contributed by atoms with E-state index in [0.717, 1.165) is 19.3 Å². The lowest BCUT2D eigenvalue weighted by molar-refractivity contribution is -0.120. The predicted octanol–water partition coefficient (Wildman–Crippen LogP) is 7.65. The van der Waals surface area contributed by atoms with Crippen LogP contribution >= 0.6 is 0 Å². The van der Waals surface area contributed by atoms with Crippen molar-refractivity contribution in [2.45, 2.75) is 141 Å².